The average molecular weight is 355 g/mol. The number of fused-ring (bicyclic) bond motifs is 1. The minimum Gasteiger partial charge on any atom is -0.289 e. The number of Topliss-reactive ketones (excluding diaryl/α,β-unsaturated/α-hetero) is 1. The molecule has 0 spiro atoms. The molecule has 132 valence electrons. The van der Waals surface area contributed by atoms with Gasteiger partial charge in [-0.15, -0.1) is 0 Å². The number of hydrogen-bond donors (Lipinski definition) is 0. The van der Waals surface area contributed by atoms with Gasteiger partial charge >= 0.3 is 0 Å². The summed E-state index contributed by atoms with van der Waals surface area (Å²) in [6.07, 6.45) is 2.45. The van der Waals surface area contributed by atoms with Crippen molar-refractivity contribution in [2.24, 2.45) is 0 Å². The number of carbonyl (C=O) groups excluding carboxylic acids is 1. The van der Waals surface area contributed by atoms with Crippen LogP contribution in [-0.4, -0.2) is 10.7 Å². The number of nitro benzene ring substituents is 1. The highest BCUT2D eigenvalue weighted by molar-refractivity contribution is 6.13. The van der Waals surface area contributed by atoms with Gasteiger partial charge in [-0.2, -0.15) is 0 Å². The molecule has 1 unspecified atom stereocenters. The van der Waals surface area contributed by atoms with Crippen molar-refractivity contribution < 1.29 is 9.72 Å². The molecule has 0 heterocycles. The minimum atomic E-state index is -0.426. The van der Waals surface area contributed by atoms with Gasteiger partial charge in [0.05, 0.1) is 4.92 Å². The number of nitro groups is 1. The molecule has 0 saturated heterocycles. The third kappa shape index (κ3) is 3.29. The fraction of sp³-hybridized carbons (Fsp3) is 0.0870. The number of nitrogens with zero attached hydrogens (tertiary/aromatic N) is 1. The molecule has 27 heavy (non-hydrogen) atoms. The van der Waals surface area contributed by atoms with Crippen molar-refractivity contribution in [2.45, 2.75) is 12.3 Å². The molecule has 0 saturated carbocycles. The van der Waals surface area contributed by atoms with Crippen LogP contribution in [0.2, 0.25) is 0 Å². The largest absolute Gasteiger partial charge is 0.289 e. The molecule has 0 bridgehead atoms. The van der Waals surface area contributed by atoms with Crippen LogP contribution in [0.1, 0.15) is 39.4 Å². The fourth-order valence-corrected chi connectivity index (χ4v) is 3.60. The first-order chi connectivity index (χ1) is 13.1. The van der Waals surface area contributed by atoms with E-state index in [1.807, 2.05) is 48.5 Å². The molecule has 4 rings (SSSR count). The summed E-state index contributed by atoms with van der Waals surface area (Å²) in [6.45, 7) is 0. The van der Waals surface area contributed by atoms with Gasteiger partial charge < -0.3 is 0 Å². The van der Waals surface area contributed by atoms with E-state index in [0.29, 0.717) is 6.42 Å². The first-order valence-electron chi connectivity index (χ1n) is 8.77. The van der Waals surface area contributed by atoms with Crippen LogP contribution in [0.5, 0.6) is 0 Å². The Morgan fingerprint density at radius 2 is 1.56 bits per heavy atom. The van der Waals surface area contributed by atoms with Crippen LogP contribution >= 0.6 is 0 Å². The zero-order valence-electron chi connectivity index (χ0n) is 14.5. The third-order valence-corrected chi connectivity index (χ3v) is 4.94. The lowest BCUT2D eigenvalue weighted by atomic mass is 9.75. The summed E-state index contributed by atoms with van der Waals surface area (Å²) in [5, 5.41) is 10.8. The van der Waals surface area contributed by atoms with E-state index in [-0.39, 0.29) is 17.4 Å². The Morgan fingerprint density at radius 1 is 0.889 bits per heavy atom. The van der Waals surface area contributed by atoms with Crippen LogP contribution in [0.4, 0.5) is 5.69 Å². The van der Waals surface area contributed by atoms with Crippen LogP contribution in [0.25, 0.3) is 6.08 Å². The Balaban J connectivity index is 1.76. The van der Waals surface area contributed by atoms with Crippen LogP contribution in [-0.2, 0) is 0 Å². The summed E-state index contributed by atoms with van der Waals surface area (Å²) in [7, 11) is 0. The molecule has 0 aliphatic heterocycles. The quantitative estimate of drug-likeness (QED) is 0.359. The van der Waals surface area contributed by atoms with Gasteiger partial charge in [-0.3, -0.25) is 14.9 Å². The van der Waals surface area contributed by atoms with Gasteiger partial charge in [0.15, 0.2) is 5.78 Å². The average Bonchev–Trinajstić information content (AvgIpc) is 2.71. The van der Waals surface area contributed by atoms with E-state index in [2.05, 4.69) is 12.1 Å². The van der Waals surface area contributed by atoms with E-state index >= 15 is 0 Å². The van der Waals surface area contributed by atoms with Gasteiger partial charge in [0.2, 0.25) is 0 Å². The summed E-state index contributed by atoms with van der Waals surface area (Å²) in [5.41, 5.74) is 4.50. The maximum atomic E-state index is 13.0. The highest BCUT2D eigenvalue weighted by Crippen LogP contribution is 2.39. The van der Waals surface area contributed by atoms with Crippen LogP contribution in [0, 0.1) is 10.1 Å². The van der Waals surface area contributed by atoms with Gasteiger partial charge in [-0.25, -0.2) is 0 Å². The van der Waals surface area contributed by atoms with Crippen molar-refractivity contribution in [3.05, 3.63) is 117 Å². The molecule has 1 atom stereocenters. The first kappa shape index (κ1) is 16.9. The van der Waals surface area contributed by atoms with E-state index in [0.717, 1.165) is 22.3 Å². The second-order valence-electron chi connectivity index (χ2n) is 6.60. The van der Waals surface area contributed by atoms with Gasteiger partial charge in [0.1, 0.15) is 0 Å². The Morgan fingerprint density at radius 3 is 2.26 bits per heavy atom. The number of hydrogen-bond acceptors (Lipinski definition) is 3. The van der Waals surface area contributed by atoms with Gasteiger partial charge in [-0.1, -0.05) is 54.6 Å². The molecule has 1 aliphatic rings. The molecule has 4 nitrogen and oxygen atoms in total. The second-order valence-corrected chi connectivity index (χ2v) is 6.60. The minimum absolute atomic E-state index is 0.0242. The maximum absolute atomic E-state index is 13.0. The maximum Gasteiger partial charge on any atom is 0.269 e. The summed E-state index contributed by atoms with van der Waals surface area (Å²) < 4.78 is 0. The molecule has 0 aromatic heterocycles. The first-order valence-corrected chi connectivity index (χ1v) is 8.77. The van der Waals surface area contributed by atoms with Crippen molar-refractivity contribution in [1.82, 2.24) is 0 Å². The van der Waals surface area contributed by atoms with Gasteiger partial charge in [0.25, 0.3) is 5.69 Å². The summed E-state index contributed by atoms with van der Waals surface area (Å²) in [6, 6.07) is 24.2. The predicted octanol–water partition coefficient (Wildman–Crippen LogP) is 5.40. The van der Waals surface area contributed by atoms with Crippen molar-refractivity contribution in [1.29, 1.82) is 0 Å². The smallest absolute Gasteiger partial charge is 0.269 e. The Kier molecular flexibility index (Phi) is 4.38. The third-order valence-electron chi connectivity index (χ3n) is 4.94. The molecular weight excluding hydrogens is 338 g/mol. The van der Waals surface area contributed by atoms with Crippen molar-refractivity contribution >= 4 is 17.5 Å². The highest BCUT2D eigenvalue weighted by atomic mass is 16.6. The summed E-state index contributed by atoms with van der Waals surface area (Å²) in [5.74, 6) is 0.139. The second kappa shape index (κ2) is 7.00. The van der Waals surface area contributed by atoms with Crippen LogP contribution < -0.4 is 0 Å². The molecule has 0 amide bonds. The van der Waals surface area contributed by atoms with Crippen molar-refractivity contribution in [3.8, 4) is 0 Å². The monoisotopic (exact) mass is 355 g/mol. The number of allylic oxidation sites excluding steroid dienone is 1. The Bertz CT molecular complexity index is 1040. The number of ketones is 1. The molecule has 3 aromatic rings. The fourth-order valence-electron chi connectivity index (χ4n) is 3.60. The van der Waals surface area contributed by atoms with Gasteiger partial charge in [0, 0.05) is 29.2 Å². The Hall–Kier alpha value is -3.53. The standard InChI is InChI=1S/C23H17NO3/c25-23-18(14-16-10-12-19(13-11-16)24(26)27)15-22(17-6-2-1-3-7-17)20-8-4-5-9-21(20)23/h1-14,22H,15H2. The van der Waals surface area contributed by atoms with Crippen LogP contribution in [0.15, 0.2) is 84.4 Å². The zero-order valence-corrected chi connectivity index (χ0v) is 14.5. The molecule has 0 radical (unpaired) electrons. The van der Waals surface area contributed by atoms with E-state index in [9.17, 15) is 14.9 Å². The van der Waals surface area contributed by atoms with E-state index in [1.54, 1.807) is 12.1 Å². The predicted molar refractivity (Wildman–Crippen MR) is 105 cm³/mol. The molecular formula is C23H17NO3. The number of rotatable bonds is 3. The molecule has 3 aromatic carbocycles. The number of carbonyl (C=O) groups is 1. The Labute approximate surface area is 156 Å². The van der Waals surface area contributed by atoms with Crippen molar-refractivity contribution in [3.63, 3.8) is 0 Å². The van der Waals surface area contributed by atoms with E-state index < -0.39 is 4.92 Å². The van der Waals surface area contributed by atoms with E-state index in [1.165, 1.54) is 17.7 Å². The molecule has 0 N–H and O–H groups in total. The highest BCUT2D eigenvalue weighted by Gasteiger charge is 2.29. The van der Waals surface area contributed by atoms with Crippen molar-refractivity contribution in [2.75, 3.05) is 0 Å². The van der Waals surface area contributed by atoms with E-state index in [4.69, 9.17) is 0 Å². The zero-order chi connectivity index (χ0) is 18.8. The number of benzene rings is 3. The number of non-ortho nitro benzene ring substituents is 1. The SMILES string of the molecule is O=C1C(=Cc2ccc([N+](=O)[O-])cc2)CC(c2ccccc2)c2ccccc21. The summed E-state index contributed by atoms with van der Waals surface area (Å²) >= 11 is 0. The lowest BCUT2D eigenvalue weighted by Crippen LogP contribution is -2.19. The lowest BCUT2D eigenvalue weighted by molar-refractivity contribution is -0.384. The van der Waals surface area contributed by atoms with Gasteiger partial charge in [-0.05, 0) is 41.3 Å². The van der Waals surface area contributed by atoms with Crippen LogP contribution in [0.3, 0.4) is 0 Å². The topological polar surface area (TPSA) is 60.2 Å². The summed E-state index contributed by atoms with van der Waals surface area (Å²) in [4.78, 5) is 23.4. The normalized spacial score (nSPS) is 17.6. The lowest BCUT2D eigenvalue weighted by Gasteiger charge is -2.27. The molecule has 4 heteroatoms. The molecule has 1 aliphatic carbocycles. The molecule has 0 fully saturated rings.